The third-order valence-electron chi connectivity index (χ3n) is 24.5. The predicted molar refractivity (Wildman–Crippen MR) is 474 cm³/mol. The largest absolute Gasteiger partial charge is 0.458 e. The normalized spacial score (nSPS) is 13.2. The number of benzene rings is 15. The third kappa shape index (κ3) is 10.7. The van der Waals surface area contributed by atoms with Crippen LogP contribution in [0, 0.1) is 41.5 Å². The number of nitrogens with zero attached hydrogens (tertiary/aromatic N) is 4. The van der Waals surface area contributed by atoms with Crippen LogP contribution in [0.1, 0.15) is 86.1 Å². The van der Waals surface area contributed by atoms with Crippen LogP contribution in [0.5, 0.6) is 11.5 Å². The van der Waals surface area contributed by atoms with Crippen molar-refractivity contribution in [2.24, 2.45) is 0 Å². The topological polar surface area (TPSA) is 23.9 Å². The maximum absolute atomic E-state index is 8.14. The average Bonchev–Trinajstić information content (AvgIpc) is 0.916. The lowest BCUT2D eigenvalue weighted by Gasteiger charge is -2.46. The van der Waals surface area contributed by atoms with E-state index in [0.717, 1.165) is 118 Å². The number of rotatable bonds is 9. The Morgan fingerprint density at radius 2 is 0.721 bits per heavy atom. The molecule has 0 aliphatic carbocycles. The van der Waals surface area contributed by atoms with Gasteiger partial charge < -0.3 is 24.0 Å². The smallest absolute Gasteiger partial charge is 0.256 e. The zero-order valence-corrected chi connectivity index (χ0v) is 65.2. The second kappa shape index (κ2) is 25.5. The first-order valence-electron chi connectivity index (χ1n) is 39.4. The van der Waals surface area contributed by atoms with Crippen LogP contribution in [0.25, 0.3) is 83.1 Å². The van der Waals surface area contributed by atoms with Crippen LogP contribution in [0.3, 0.4) is 0 Å². The summed E-state index contributed by atoms with van der Waals surface area (Å²) >= 11 is 0. The fraction of sp³-hybridized carbons (Fsp3) is 0.135. The third-order valence-corrected chi connectivity index (χ3v) is 24.5. The Kier molecular flexibility index (Phi) is 15.6. The van der Waals surface area contributed by atoms with Crippen LogP contribution in [-0.2, 0) is 10.8 Å². The molecule has 15 aromatic carbocycles. The summed E-state index contributed by atoms with van der Waals surface area (Å²) in [5.74, 6) is 1.66. The number of para-hydroxylation sites is 3. The van der Waals surface area contributed by atoms with E-state index >= 15 is 0 Å². The lowest BCUT2D eigenvalue weighted by atomic mass is 9.30. The van der Waals surface area contributed by atoms with E-state index in [4.69, 9.17) is 4.74 Å². The van der Waals surface area contributed by atoms with Crippen LogP contribution >= 0.6 is 0 Å². The molecule has 0 bridgehead atoms. The van der Waals surface area contributed by atoms with Gasteiger partial charge in [0.25, 0.3) is 13.4 Å². The van der Waals surface area contributed by atoms with Crippen LogP contribution in [0.4, 0.5) is 51.2 Å². The van der Waals surface area contributed by atoms with Gasteiger partial charge in [-0.05, 0) is 253 Å². The Bertz CT molecular complexity index is 6350. The quantitative estimate of drug-likeness (QED) is 0.134. The van der Waals surface area contributed by atoms with Crippen molar-refractivity contribution in [3.8, 4) is 72.8 Å². The molecular formula is C104H86B2N4O. The average molecular weight is 1430 g/mol. The predicted octanol–water partition coefficient (Wildman–Crippen LogP) is 24.1. The molecule has 0 unspecified atom stereocenters. The zero-order chi connectivity index (χ0) is 75.6. The van der Waals surface area contributed by atoms with Gasteiger partial charge in [0.15, 0.2) is 0 Å². The second-order valence-electron chi connectivity index (χ2n) is 33.5. The van der Waals surface area contributed by atoms with Gasteiger partial charge in [0, 0.05) is 79.5 Å². The van der Waals surface area contributed by atoms with Gasteiger partial charge in [0.2, 0.25) is 0 Å². The van der Waals surface area contributed by atoms with E-state index in [-0.39, 0.29) is 24.3 Å². The van der Waals surface area contributed by atoms with Crippen molar-refractivity contribution < 1.29 is 4.74 Å². The Morgan fingerprint density at radius 3 is 1.28 bits per heavy atom. The maximum Gasteiger partial charge on any atom is 0.256 e. The molecule has 7 heteroatoms. The highest BCUT2D eigenvalue weighted by molar-refractivity contribution is 7.02. The minimum Gasteiger partial charge on any atom is -0.458 e. The Morgan fingerprint density at radius 1 is 0.270 bits per heavy atom. The van der Waals surface area contributed by atoms with E-state index in [1.54, 1.807) is 0 Å². The highest BCUT2D eigenvalue weighted by Crippen LogP contribution is 2.54. The van der Waals surface area contributed by atoms with E-state index in [1.807, 2.05) is 0 Å². The van der Waals surface area contributed by atoms with Crippen molar-refractivity contribution in [2.75, 3.05) is 14.7 Å². The fourth-order valence-electron chi connectivity index (χ4n) is 19.3. The van der Waals surface area contributed by atoms with Crippen molar-refractivity contribution in [1.82, 2.24) is 4.57 Å². The number of hydrogen-bond donors (Lipinski definition) is 0. The van der Waals surface area contributed by atoms with Gasteiger partial charge in [-0.25, -0.2) is 0 Å². The van der Waals surface area contributed by atoms with Gasteiger partial charge in [-0.3, -0.25) is 0 Å². The van der Waals surface area contributed by atoms with Gasteiger partial charge >= 0.3 is 0 Å². The molecule has 111 heavy (non-hydrogen) atoms. The summed E-state index contributed by atoms with van der Waals surface area (Å²) in [7, 11) is 0. The molecule has 0 atom stereocenters. The van der Waals surface area contributed by atoms with Crippen LogP contribution in [0.2, 0.25) is 0 Å². The molecule has 0 fully saturated rings. The Balaban J connectivity index is 0.918. The first kappa shape index (κ1) is 67.8. The molecule has 4 aliphatic heterocycles. The molecule has 534 valence electrons. The summed E-state index contributed by atoms with van der Waals surface area (Å²) < 4.78 is 10.7. The second-order valence-corrected chi connectivity index (χ2v) is 33.5. The number of ether oxygens (including phenoxy) is 1. The van der Waals surface area contributed by atoms with Gasteiger partial charge in [-0.2, -0.15) is 0 Å². The highest BCUT2D eigenvalue weighted by atomic mass is 16.5. The summed E-state index contributed by atoms with van der Waals surface area (Å²) in [5.41, 5.74) is 42.2. The molecule has 5 nitrogen and oxygen atoms in total. The van der Waals surface area contributed by atoms with Crippen molar-refractivity contribution in [1.29, 1.82) is 0 Å². The summed E-state index contributed by atoms with van der Waals surface area (Å²) in [6.07, 6.45) is 0. The van der Waals surface area contributed by atoms with E-state index in [1.165, 1.54) is 105 Å². The molecule has 16 aromatic rings. The number of anilines is 9. The van der Waals surface area contributed by atoms with Crippen molar-refractivity contribution >= 4 is 119 Å². The number of aryl methyl sites for hydroxylation is 6. The van der Waals surface area contributed by atoms with Gasteiger partial charge in [-0.15, -0.1) is 0 Å². The van der Waals surface area contributed by atoms with Crippen molar-refractivity contribution in [3.63, 3.8) is 0 Å². The van der Waals surface area contributed by atoms with E-state index in [9.17, 15) is 0 Å². The number of aromatic nitrogens is 1. The SMILES string of the molecule is Cc1cccc(C)c1-c1ccc(N2c3ccc(-c4c(C)cccc4C)cc3B3c4cc5c(cc4N(c4c(-c6ccccc6)cccc4-c4ccccc4)c4cc(-c6c(C)cccc6C)cc2c43)Oc2cc(-n3c4ccc(C(C)(C)C)cc4c4cc(C(C)(C)C)ccc43)cc3c2B5c2ccccc2N3c2ccccc2)cc1. The lowest BCUT2D eigenvalue weighted by Crippen LogP contribution is -2.64. The number of fused-ring (bicyclic) bond motifs is 11. The monoisotopic (exact) mass is 1430 g/mol. The number of hydrogen-bond acceptors (Lipinski definition) is 4. The fourth-order valence-corrected chi connectivity index (χ4v) is 19.3. The standard InChI is InChI=1S/C104H86B2N4O/c1-63-28-24-29-64(2)97(63)71-44-49-77(50-45-71)108-90-51-46-72(98-65(3)30-25-31-66(98)4)54-84(90)106-85-61-86-95(62-91(85)110(93-56-73(55-92(108)100(93)106)99-67(5)32-26-33-68(99)6)102-79(69-34-16-13-17-35-69)40-27-41-80(102)70-36-18-14-19-37-70)111-96-60-78(59-94-101(96)105(86)83-42-22-23-43-89(83)107(94)76-38-20-15-21-39-76)109-87-52-47-74(103(7,8)9)57-81(87)82-58-75(104(10,11)12)48-53-88(82)109/h13-62H,1-12H3. The molecule has 0 saturated heterocycles. The molecule has 0 N–H and O–H groups in total. The van der Waals surface area contributed by atoms with Crippen molar-refractivity contribution in [3.05, 3.63) is 348 Å². The molecule has 0 radical (unpaired) electrons. The molecule has 1 aromatic heterocycles. The summed E-state index contributed by atoms with van der Waals surface area (Å²) in [4.78, 5) is 7.79. The van der Waals surface area contributed by atoms with Crippen molar-refractivity contribution in [2.45, 2.75) is 93.9 Å². The lowest BCUT2D eigenvalue weighted by molar-refractivity contribution is 0.487. The molecule has 0 spiro atoms. The maximum atomic E-state index is 8.14. The van der Waals surface area contributed by atoms with Crippen LogP contribution in [0.15, 0.2) is 303 Å². The summed E-state index contributed by atoms with van der Waals surface area (Å²) in [6, 6.07) is 116. The molecular weight excluding hydrogens is 1340 g/mol. The van der Waals surface area contributed by atoms with Gasteiger partial charge in [-0.1, -0.05) is 254 Å². The molecule has 0 saturated carbocycles. The first-order valence-corrected chi connectivity index (χ1v) is 39.4. The minimum atomic E-state index is -0.289. The summed E-state index contributed by atoms with van der Waals surface area (Å²) in [6.45, 7) is 27.0. The van der Waals surface area contributed by atoms with E-state index in [0.29, 0.717) is 0 Å². The van der Waals surface area contributed by atoms with Crippen LogP contribution < -0.4 is 52.2 Å². The van der Waals surface area contributed by atoms with Crippen LogP contribution in [-0.4, -0.2) is 18.0 Å². The molecule has 20 rings (SSSR count). The Hall–Kier alpha value is -12.6. The molecule has 4 aliphatic rings. The highest BCUT2D eigenvalue weighted by Gasteiger charge is 2.49. The van der Waals surface area contributed by atoms with E-state index in [2.05, 4.69) is 406 Å². The van der Waals surface area contributed by atoms with Gasteiger partial charge in [0.05, 0.1) is 22.4 Å². The van der Waals surface area contributed by atoms with E-state index < -0.39 is 0 Å². The zero-order valence-electron chi connectivity index (χ0n) is 65.2. The first-order chi connectivity index (χ1) is 53.8. The minimum absolute atomic E-state index is 0.0626. The Labute approximate surface area is 653 Å². The van der Waals surface area contributed by atoms with Gasteiger partial charge in [0.1, 0.15) is 11.5 Å². The summed E-state index contributed by atoms with van der Waals surface area (Å²) in [5, 5.41) is 2.48. The molecule has 5 heterocycles. The molecule has 0 amide bonds.